The third-order valence-corrected chi connectivity index (χ3v) is 2.65. The molecule has 0 aliphatic carbocycles. The maximum Gasteiger partial charge on any atom is 0.329 e. The first kappa shape index (κ1) is 34.3. The SMILES string of the molecule is CC(C)(C)OC(=O)CBr.O=C(O)COCCOCCOCC(=O)O.OCCOCCO. The van der Waals surface area contributed by atoms with Gasteiger partial charge in [-0.25, -0.2) is 9.59 Å². The quantitative estimate of drug-likeness (QED) is 0.128. The standard InChI is InChI=1S/C8H14O7.C6H11BrO2.C4H10O3/c9-7(10)5-14-3-1-13-2-4-15-6-8(11)12;1-6(2,3)9-5(8)4-7;5-1-3-7-4-2-6/h1-6H2,(H,9,10)(H,11,12);4H2,1-3H3;5-6H,1-4H2. The summed E-state index contributed by atoms with van der Waals surface area (Å²) in [6.07, 6.45) is 0. The number of hydrogen-bond acceptors (Lipinski definition) is 10. The topological polar surface area (TPSA) is 178 Å². The van der Waals surface area contributed by atoms with E-state index in [-0.39, 0.29) is 69.8 Å². The average Bonchev–Trinajstić information content (AvgIpc) is 2.66. The number of aliphatic hydroxyl groups is 2. The molecule has 0 fully saturated rings. The molecule has 0 heterocycles. The minimum Gasteiger partial charge on any atom is -0.480 e. The highest BCUT2D eigenvalue weighted by Crippen LogP contribution is 2.07. The molecule has 0 aromatic rings. The number of carbonyl (C=O) groups excluding carboxylic acids is 1. The zero-order valence-electron chi connectivity index (χ0n) is 18.2. The van der Waals surface area contributed by atoms with Crippen molar-refractivity contribution in [3.05, 3.63) is 0 Å². The van der Waals surface area contributed by atoms with Crippen molar-refractivity contribution in [2.24, 2.45) is 0 Å². The van der Waals surface area contributed by atoms with Crippen molar-refractivity contribution < 1.29 is 58.5 Å². The van der Waals surface area contributed by atoms with Crippen molar-refractivity contribution in [3.63, 3.8) is 0 Å². The Kier molecular flexibility index (Phi) is 27.5. The van der Waals surface area contributed by atoms with Crippen molar-refractivity contribution in [3.8, 4) is 0 Å². The molecule has 0 amide bonds. The molecule has 0 spiro atoms. The van der Waals surface area contributed by atoms with Crippen molar-refractivity contribution in [1.29, 1.82) is 0 Å². The van der Waals surface area contributed by atoms with Gasteiger partial charge < -0.3 is 44.1 Å². The van der Waals surface area contributed by atoms with Crippen LogP contribution in [0.2, 0.25) is 0 Å². The van der Waals surface area contributed by atoms with Crippen LogP contribution in [0.4, 0.5) is 0 Å². The predicted molar refractivity (Wildman–Crippen MR) is 112 cm³/mol. The van der Waals surface area contributed by atoms with E-state index in [0.29, 0.717) is 13.2 Å². The molecule has 0 atom stereocenters. The summed E-state index contributed by atoms with van der Waals surface area (Å²) in [5.41, 5.74) is -0.356. The lowest BCUT2D eigenvalue weighted by Crippen LogP contribution is -2.24. The number of ether oxygens (including phenoxy) is 5. The third kappa shape index (κ3) is 43.4. The highest BCUT2D eigenvalue weighted by molar-refractivity contribution is 9.09. The van der Waals surface area contributed by atoms with Crippen LogP contribution < -0.4 is 0 Å². The third-order valence-electron chi connectivity index (χ3n) is 2.20. The van der Waals surface area contributed by atoms with E-state index in [2.05, 4.69) is 30.1 Å². The maximum absolute atomic E-state index is 10.6. The second-order valence-electron chi connectivity index (χ2n) is 6.28. The summed E-state index contributed by atoms with van der Waals surface area (Å²) in [5, 5.41) is 32.8. The van der Waals surface area contributed by atoms with Crippen LogP contribution in [0.1, 0.15) is 20.8 Å². The van der Waals surface area contributed by atoms with E-state index in [9.17, 15) is 14.4 Å². The first-order valence-corrected chi connectivity index (χ1v) is 10.4. The minimum absolute atomic E-state index is 0.0278. The normalized spacial score (nSPS) is 10.3. The van der Waals surface area contributed by atoms with Crippen molar-refractivity contribution >= 4 is 33.8 Å². The zero-order valence-corrected chi connectivity index (χ0v) is 19.8. The molecule has 0 unspecified atom stereocenters. The molecule has 0 saturated heterocycles. The molecule has 0 aliphatic heterocycles. The highest BCUT2D eigenvalue weighted by atomic mass is 79.9. The number of carboxylic acids is 2. The first-order valence-electron chi connectivity index (χ1n) is 9.24. The van der Waals surface area contributed by atoms with Gasteiger partial charge in [-0.15, -0.1) is 0 Å². The molecule has 12 nitrogen and oxygen atoms in total. The van der Waals surface area contributed by atoms with Gasteiger partial charge in [0.2, 0.25) is 0 Å². The minimum atomic E-state index is -1.03. The number of carbonyl (C=O) groups is 3. The number of aliphatic carboxylic acids is 2. The zero-order chi connectivity index (χ0) is 24.5. The fourth-order valence-corrected chi connectivity index (χ4v) is 1.37. The lowest BCUT2D eigenvalue weighted by molar-refractivity contribution is -0.151. The largest absolute Gasteiger partial charge is 0.480 e. The van der Waals surface area contributed by atoms with E-state index >= 15 is 0 Å². The Morgan fingerprint density at radius 1 is 0.710 bits per heavy atom. The van der Waals surface area contributed by atoms with E-state index in [1.807, 2.05) is 20.8 Å². The number of alkyl halides is 1. The molecule has 0 saturated carbocycles. The second-order valence-corrected chi connectivity index (χ2v) is 6.85. The van der Waals surface area contributed by atoms with Crippen LogP contribution in [0.5, 0.6) is 0 Å². The Labute approximate surface area is 190 Å². The number of carboxylic acid groups (broad SMARTS) is 2. The van der Waals surface area contributed by atoms with Gasteiger partial charge in [0.05, 0.1) is 52.9 Å². The number of halogens is 1. The Morgan fingerprint density at radius 2 is 1.06 bits per heavy atom. The molecule has 0 bridgehead atoms. The van der Waals surface area contributed by atoms with Crippen LogP contribution in [-0.2, 0) is 38.1 Å². The Bertz CT molecular complexity index is 416. The number of hydrogen-bond donors (Lipinski definition) is 4. The smallest absolute Gasteiger partial charge is 0.329 e. The molecule has 0 radical (unpaired) electrons. The van der Waals surface area contributed by atoms with Gasteiger partial charge in [0.25, 0.3) is 0 Å². The monoisotopic (exact) mass is 522 g/mol. The summed E-state index contributed by atoms with van der Waals surface area (Å²) in [5.74, 6) is -2.28. The fourth-order valence-electron chi connectivity index (χ4n) is 1.26. The van der Waals surface area contributed by atoms with Gasteiger partial charge in [-0.05, 0) is 20.8 Å². The first-order chi connectivity index (χ1) is 14.5. The molecule has 0 aliphatic rings. The van der Waals surface area contributed by atoms with Gasteiger partial charge in [0, 0.05) is 0 Å². The predicted octanol–water partition coefficient (Wildman–Crippen LogP) is -0.0840. The molecule has 13 heteroatoms. The molecule has 31 heavy (non-hydrogen) atoms. The summed E-state index contributed by atoms with van der Waals surface area (Å²) < 4.78 is 23.9. The van der Waals surface area contributed by atoms with Crippen LogP contribution in [0.3, 0.4) is 0 Å². The van der Waals surface area contributed by atoms with Gasteiger partial charge in [-0.3, -0.25) is 4.79 Å². The van der Waals surface area contributed by atoms with Crippen molar-refractivity contribution in [1.82, 2.24) is 0 Å². The van der Waals surface area contributed by atoms with Crippen LogP contribution in [-0.4, -0.2) is 115 Å². The van der Waals surface area contributed by atoms with E-state index in [4.69, 9.17) is 29.9 Å². The van der Waals surface area contributed by atoms with E-state index in [0.717, 1.165) is 0 Å². The summed E-state index contributed by atoms with van der Waals surface area (Å²) >= 11 is 2.99. The molecule has 0 aromatic heterocycles. The molecule has 0 rings (SSSR count). The average molecular weight is 523 g/mol. The Balaban J connectivity index is -0.000000417. The lowest BCUT2D eigenvalue weighted by atomic mass is 10.2. The van der Waals surface area contributed by atoms with Crippen molar-refractivity contribution in [2.45, 2.75) is 26.4 Å². The van der Waals surface area contributed by atoms with Gasteiger partial charge in [0.1, 0.15) is 24.1 Å². The van der Waals surface area contributed by atoms with Crippen LogP contribution in [0.25, 0.3) is 0 Å². The molecular formula is C18H35BrO12. The van der Waals surface area contributed by atoms with Crippen LogP contribution in [0, 0.1) is 0 Å². The summed E-state index contributed by atoms with van der Waals surface area (Å²) in [4.78, 5) is 30.5. The molecule has 4 N–H and O–H groups in total. The molecule has 0 aromatic carbocycles. The van der Waals surface area contributed by atoms with Crippen LogP contribution >= 0.6 is 15.9 Å². The number of aliphatic hydroxyl groups excluding tert-OH is 2. The van der Waals surface area contributed by atoms with Crippen LogP contribution in [0.15, 0.2) is 0 Å². The Morgan fingerprint density at radius 3 is 1.32 bits per heavy atom. The summed E-state index contributed by atoms with van der Waals surface area (Å²) in [6.45, 7) is 6.40. The van der Waals surface area contributed by atoms with E-state index in [1.54, 1.807) is 0 Å². The second kappa shape index (κ2) is 24.9. The molecule has 186 valence electrons. The lowest BCUT2D eigenvalue weighted by Gasteiger charge is -2.18. The van der Waals surface area contributed by atoms with Gasteiger partial charge in [-0.1, -0.05) is 15.9 Å². The van der Waals surface area contributed by atoms with Crippen molar-refractivity contribution in [2.75, 3.05) is 71.4 Å². The summed E-state index contributed by atoms with van der Waals surface area (Å²) in [6, 6.07) is 0. The fraction of sp³-hybridized carbons (Fsp3) is 0.833. The van der Waals surface area contributed by atoms with Gasteiger partial charge >= 0.3 is 17.9 Å². The maximum atomic E-state index is 10.6. The number of esters is 1. The summed E-state index contributed by atoms with van der Waals surface area (Å²) in [7, 11) is 0. The van der Waals surface area contributed by atoms with E-state index in [1.165, 1.54) is 0 Å². The van der Waals surface area contributed by atoms with Gasteiger partial charge in [0.15, 0.2) is 0 Å². The molecular weight excluding hydrogens is 488 g/mol. The Hall–Kier alpha value is -1.35. The van der Waals surface area contributed by atoms with Gasteiger partial charge in [-0.2, -0.15) is 0 Å². The van der Waals surface area contributed by atoms with E-state index < -0.39 is 11.9 Å². The number of rotatable bonds is 15. The highest BCUT2D eigenvalue weighted by Gasteiger charge is 2.14.